The van der Waals surface area contributed by atoms with Crippen LogP contribution in [0.4, 0.5) is 4.79 Å². The summed E-state index contributed by atoms with van der Waals surface area (Å²) in [7, 11) is 0. The Bertz CT molecular complexity index is 637. The minimum absolute atomic E-state index is 0.238. The minimum Gasteiger partial charge on any atom is -0.460 e. The molecule has 0 aromatic rings. The van der Waals surface area contributed by atoms with Crippen LogP contribution in [0.3, 0.4) is 0 Å². The number of carbonyl (C=O) groups excluding carboxylic acids is 3. The second-order valence-electron chi connectivity index (χ2n) is 9.92. The molecule has 1 heterocycles. The zero-order chi connectivity index (χ0) is 23.1. The Morgan fingerprint density at radius 3 is 1.57 bits per heavy atom. The Hall–Kier alpha value is -0.920. The van der Waals surface area contributed by atoms with Crippen molar-refractivity contribution in [1.82, 2.24) is 4.90 Å². The fourth-order valence-corrected chi connectivity index (χ4v) is 4.17. The molecule has 0 aromatic carbocycles. The standard InChI is InChI=1S/C20H30Cl3NO6/c1-18(2,3)29-15(25)11-7-12(16(26)30-19(4,5)6)14-9-24(8-13(11)14)17(27)28-10-20(21,22)23/h11-14H,7-10H2,1-6H3/t11-,12+,13-,14+. The van der Waals surface area contributed by atoms with E-state index in [0.717, 1.165) is 0 Å². The van der Waals surface area contributed by atoms with Gasteiger partial charge >= 0.3 is 18.0 Å². The van der Waals surface area contributed by atoms with Crippen LogP contribution in [0.15, 0.2) is 0 Å². The Balaban J connectivity index is 2.18. The van der Waals surface area contributed by atoms with E-state index in [0.29, 0.717) is 6.42 Å². The molecule has 10 heteroatoms. The molecule has 0 bridgehead atoms. The first-order valence-corrected chi connectivity index (χ1v) is 11.0. The van der Waals surface area contributed by atoms with Crippen LogP contribution >= 0.6 is 34.8 Å². The van der Waals surface area contributed by atoms with Gasteiger partial charge in [0.2, 0.25) is 3.79 Å². The molecule has 1 amide bonds. The first kappa shape index (κ1) is 25.3. The molecule has 2 fully saturated rings. The fraction of sp³-hybridized carbons (Fsp3) is 0.850. The van der Waals surface area contributed by atoms with Crippen LogP contribution in [0.25, 0.3) is 0 Å². The lowest BCUT2D eigenvalue weighted by Crippen LogP contribution is -2.36. The Morgan fingerprint density at radius 1 is 0.833 bits per heavy atom. The number of hydrogen-bond donors (Lipinski definition) is 0. The summed E-state index contributed by atoms with van der Waals surface area (Å²) in [6, 6.07) is 0. The molecule has 4 atom stereocenters. The van der Waals surface area contributed by atoms with Crippen LogP contribution in [0.1, 0.15) is 48.0 Å². The normalized spacial score (nSPS) is 26.9. The number of amides is 1. The maximum atomic E-state index is 12.8. The second-order valence-corrected chi connectivity index (χ2v) is 12.4. The topological polar surface area (TPSA) is 82.1 Å². The zero-order valence-electron chi connectivity index (χ0n) is 18.2. The number of alkyl halides is 3. The number of fused-ring (bicyclic) bond motifs is 1. The number of nitrogens with zero attached hydrogens (tertiary/aromatic N) is 1. The van der Waals surface area contributed by atoms with Gasteiger partial charge in [-0.1, -0.05) is 34.8 Å². The largest absolute Gasteiger partial charge is 0.460 e. The quantitative estimate of drug-likeness (QED) is 0.335. The number of likely N-dealkylation sites (tertiary alicyclic amines) is 1. The van der Waals surface area contributed by atoms with Gasteiger partial charge in [-0.25, -0.2) is 4.79 Å². The molecule has 0 unspecified atom stereocenters. The predicted octanol–water partition coefficient (Wildman–Crippen LogP) is 4.36. The molecule has 2 rings (SSSR count). The SMILES string of the molecule is CC(C)(C)OC(=O)[C@H]1C[C@@H](C(=O)OC(C)(C)C)[C@H]2CN(C(=O)OCC(Cl)(Cl)Cl)C[C@H]21. The van der Waals surface area contributed by atoms with E-state index in [9.17, 15) is 14.4 Å². The van der Waals surface area contributed by atoms with Crippen LogP contribution < -0.4 is 0 Å². The summed E-state index contributed by atoms with van der Waals surface area (Å²) in [6.07, 6.45) is -0.322. The number of rotatable bonds is 3. The van der Waals surface area contributed by atoms with Crippen molar-refractivity contribution in [3.63, 3.8) is 0 Å². The second kappa shape index (κ2) is 8.91. The molecule has 2 aliphatic rings. The summed E-state index contributed by atoms with van der Waals surface area (Å²) >= 11 is 16.9. The van der Waals surface area contributed by atoms with Gasteiger partial charge in [-0.2, -0.15) is 0 Å². The van der Waals surface area contributed by atoms with Gasteiger partial charge < -0.3 is 19.1 Å². The van der Waals surface area contributed by atoms with E-state index in [4.69, 9.17) is 49.0 Å². The van der Waals surface area contributed by atoms with E-state index in [1.807, 2.05) is 0 Å². The summed E-state index contributed by atoms with van der Waals surface area (Å²) in [6.45, 7) is 10.9. The molecule has 7 nitrogen and oxygen atoms in total. The lowest BCUT2D eigenvalue weighted by atomic mass is 9.90. The molecule has 1 saturated heterocycles. The van der Waals surface area contributed by atoms with Gasteiger partial charge in [-0.15, -0.1) is 0 Å². The molecule has 1 aliphatic carbocycles. The Kier molecular flexibility index (Phi) is 7.52. The Morgan fingerprint density at radius 2 is 1.23 bits per heavy atom. The third kappa shape index (κ3) is 7.06. The van der Waals surface area contributed by atoms with Crippen molar-refractivity contribution in [2.75, 3.05) is 19.7 Å². The first-order valence-electron chi connectivity index (χ1n) is 9.91. The molecule has 172 valence electrons. The third-order valence-corrected chi connectivity index (χ3v) is 5.32. The summed E-state index contributed by atoms with van der Waals surface area (Å²) < 4.78 is 14.5. The maximum Gasteiger partial charge on any atom is 0.409 e. The lowest BCUT2D eigenvalue weighted by molar-refractivity contribution is -0.162. The van der Waals surface area contributed by atoms with Crippen molar-refractivity contribution >= 4 is 52.8 Å². The van der Waals surface area contributed by atoms with E-state index in [1.54, 1.807) is 41.5 Å². The van der Waals surface area contributed by atoms with E-state index < -0.39 is 39.5 Å². The van der Waals surface area contributed by atoms with E-state index in [-0.39, 0.29) is 36.9 Å². The molecule has 0 aromatic heterocycles. The van der Waals surface area contributed by atoms with Gasteiger partial charge in [-0.3, -0.25) is 9.59 Å². The van der Waals surface area contributed by atoms with Crippen molar-refractivity contribution in [1.29, 1.82) is 0 Å². The lowest BCUT2D eigenvalue weighted by Gasteiger charge is -2.26. The number of ether oxygens (including phenoxy) is 3. The van der Waals surface area contributed by atoms with E-state index in [1.165, 1.54) is 4.90 Å². The molecular formula is C20H30Cl3NO6. The maximum absolute atomic E-state index is 12.8. The van der Waals surface area contributed by atoms with Crippen molar-refractivity contribution in [2.24, 2.45) is 23.7 Å². The highest BCUT2D eigenvalue weighted by molar-refractivity contribution is 6.67. The van der Waals surface area contributed by atoms with Crippen LogP contribution in [0.5, 0.6) is 0 Å². The van der Waals surface area contributed by atoms with Gasteiger partial charge in [-0.05, 0) is 59.8 Å². The van der Waals surface area contributed by atoms with Gasteiger partial charge in [0, 0.05) is 13.1 Å². The van der Waals surface area contributed by atoms with Gasteiger partial charge in [0.15, 0.2) is 0 Å². The van der Waals surface area contributed by atoms with Crippen LogP contribution in [0.2, 0.25) is 0 Å². The molecule has 30 heavy (non-hydrogen) atoms. The molecule has 0 radical (unpaired) electrons. The summed E-state index contributed by atoms with van der Waals surface area (Å²) in [4.78, 5) is 39.5. The van der Waals surface area contributed by atoms with Gasteiger partial charge in [0.1, 0.15) is 17.8 Å². The van der Waals surface area contributed by atoms with E-state index in [2.05, 4.69) is 0 Å². The van der Waals surface area contributed by atoms with Crippen molar-refractivity contribution in [3.05, 3.63) is 0 Å². The molecule has 1 saturated carbocycles. The number of halogens is 3. The number of hydrogen-bond acceptors (Lipinski definition) is 6. The number of carbonyl (C=O) groups is 3. The third-order valence-electron chi connectivity index (χ3n) is 4.99. The monoisotopic (exact) mass is 485 g/mol. The van der Waals surface area contributed by atoms with Crippen molar-refractivity contribution < 1.29 is 28.6 Å². The molecule has 1 aliphatic heterocycles. The predicted molar refractivity (Wildman–Crippen MR) is 113 cm³/mol. The smallest absolute Gasteiger partial charge is 0.409 e. The summed E-state index contributed by atoms with van der Waals surface area (Å²) in [5.74, 6) is -2.26. The average Bonchev–Trinajstić information content (AvgIpc) is 3.07. The molecule has 0 N–H and O–H groups in total. The summed E-state index contributed by atoms with van der Waals surface area (Å²) in [5.41, 5.74) is -1.31. The van der Waals surface area contributed by atoms with Crippen LogP contribution in [-0.2, 0) is 23.8 Å². The van der Waals surface area contributed by atoms with Crippen LogP contribution in [-0.4, -0.2) is 57.6 Å². The van der Waals surface area contributed by atoms with E-state index >= 15 is 0 Å². The molecule has 0 spiro atoms. The Labute approximate surface area is 192 Å². The zero-order valence-corrected chi connectivity index (χ0v) is 20.4. The summed E-state index contributed by atoms with van der Waals surface area (Å²) in [5, 5.41) is 0. The van der Waals surface area contributed by atoms with Gasteiger partial charge in [0.25, 0.3) is 0 Å². The highest BCUT2D eigenvalue weighted by Crippen LogP contribution is 2.48. The average molecular weight is 487 g/mol. The first-order chi connectivity index (χ1) is 13.5. The highest BCUT2D eigenvalue weighted by Gasteiger charge is 2.56. The highest BCUT2D eigenvalue weighted by atomic mass is 35.6. The van der Waals surface area contributed by atoms with Crippen LogP contribution in [0, 0.1) is 23.7 Å². The van der Waals surface area contributed by atoms with Gasteiger partial charge in [0.05, 0.1) is 11.8 Å². The van der Waals surface area contributed by atoms with Crippen molar-refractivity contribution in [2.45, 2.75) is 63.0 Å². The fourth-order valence-electron chi connectivity index (χ4n) is 4.01. The molecular weight excluding hydrogens is 457 g/mol. The van der Waals surface area contributed by atoms with Crippen molar-refractivity contribution in [3.8, 4) is 0 Å². The number of esters is 2. The minimum atomic E-state index is -1.72.